The summed E-state index contributed by atoms with van der Waals surface area (Å²) in [6.07, 6.45) is 0. The average Bonchev–Trinajstić information content (AvgIpc) is 2.99. The Kier molecular flexibility index (Phi) is 6.41. The van der Waals surface area contributed by atoms with E-state index in [4.69, 9.17) is 14.2 Å². The summed E-state index contributed by atoms with van der Waals surface area (Å²) in [6.45, 7) is 16.8. The normalized spacial score (nSPS) is 15.9. The van der Waals surface area contributed by atoms with E-state index in [0.717, 1.165) is 22.3 Å². The van der Waals surface area contributed by atoms with Crippen molar-refractivity contribution >= 4 is 11.9 Å². The minimum Gasteiger partial charge on any atom is -0.490 e. The largest absolute Gasteiger partial charge is 0.490 e. The van der Waals surface area contributed by atoms with Gasteiger partial charge < -0.3 is 14.2 Å². The molecule has 1 unspecified atom stereocenters. The molecular formula is C27H34O5. The van der Waals surface area contributed by atoms with Gasteiger partial charge >= 0.3 is 11.9 Å². The quantitative estimate of drug-likeness (QED) is 0.346. The van der Waals surface area contributed by atoms with Crippen LogP contribution in [0, 0.1) is 6.92 Å². The third-order valence-corrected chi connectivity index (χ3v) is 5.72. The van der Waals surface area contributed by atoms with Gasteiger partial charge in [-0.1, -0.05) is 65.8 Å². The molecule has 1 atom stereocenters. The lowest BCUT2D eigenvalue weighted by atomic mass is 9.77. The first kappa shape index (κ1) is 23.8. The summed E-state index contributed by atoms with van der Waals surface area (Å²) in [5.41, 5.74) is 4.75. The van der Waals surface area contributed by atoms with Gasteiger partial charge in [-0.15, -0.1) is 0 Å². The maximum absolute atomic E-state index is 13.0. The van der Waals surface area contributed by atoms with E-state index in [0.29, 0.717) is 11.5 Å². The molecule has 0 aromatic heterocycles. The Balaban J connectivity index is 1.98. The van der Waals surface area contributed by atoms with Crippen LogP contribution in [0.25, 0.3) is 0 Å². The molecule has 0 amide bonds. The summed E-state index contributed by atoms with van der Waals surface area (Å²) in [5, 5.41) is 0. The Morgan fingerprint density at radius 1 is 1.00 bits per heavy atom. The van der Waals surface area contributed by atoms with E-state index in [1.54, 1.807) is 0 Å². The van der Waals surface area contributed by atoms with Gasteiger partial charge in [0.2, 0.25) is 0 Å². The summed E-state index contributed by atoms with van der Waals surface area (Å²) in [5.74, 6) is 0.344. The van der Waals surface area contributed by atoms with Gasteiger partial charge in [0.1, 0.15) is 30.6 Å². The number of rotatable bonds is 5. The van der Waals surface area contributed by atoms with Crippen LogP contribution in [0.3, 0.4) is 0 Å². The van der Waals surface area contributed by atoms with E-state index in [-0.39, 0.29) is 36.0 Å². The topological polar surface area (TPSA) is 61.8 Å². The molecule has 0 fully saturated rings. The van der Waals surface area contributed by atoms with Crippen molar-refractivity contribution in [2.24, 2.45) is 0 Å². The van der Waals surface area contributed by atoms with Crippen molar-refractivity contribution in [3.8, 4) is 11.5 Å². The smallest absolute Gasteiger partial charge is 0.323 e. The van der Waals surface area contributed by atoms with Crippen LogP contribution in [0.1, 0.15) is 82.2 Å². The van der Waals surface area contributed by atoms with Crippen LogP contribution >= 0.6 is 0 Å². The summed E-state index contributed by atoms with van der Waals surface area (Å²) in [7, 11) is 0. The molecule has 0 N–H and O–H groups in total. The highest BCUT2D eigenvalue weighted by molar-refractivity contribution is 5.90. The molecule has 0 aliphatic carbocycles. The molecule has 1 aliphatic heterocycles. The van der Waals surface area contributed by atoms with E-state index in [1.807, 2.05) is 25.1 Å². The van der Waals surface area contributed by atoms with Crippen LogP contribution in [0.5, 0.6) is 11.5 Å². The summed E-state index contributed by atoms with van der Waals surface area (Å²) in [6, 6.07) is 10.1. The fraction of sp³-hybridized carbons (Fsp3) is 0.481. The van der Waals surface area contributed by atoms with Crippen LogP contribution < -0.4 is 9.47 Å². The lowest BCUT2D eigenvalue weighted by Crippen LogP contribution is -2.17. The Hall–Kier alpha value is -2.82. The van der Waals surface area contributed by atoms with E-state index in [1.165, 1.54) is 12.5 Å². The van der Waals surface area contributed by atoms with Gasteiger partial charge in [0.15, 0.2) is 0 Å². The molecule has 172 valence electrons. The number of aryl methyl sites for hydroxylation is 1. The molecule has 0 spiro atoms. The Labute approximate surface area is 191 Å². The first-order valence-corrected chi connectivity index (χ1v) is 11.1. The van der Waals surface area contributed by atoms with Crippen LogP contribution in [-0.4, -0.2) is 25.2 Å². The third-order valence-electron chi connectivity index (χ3n) is 5.72. The molecule has 32 heavy (non-hydrogen) atoms. The van der Waals surface area contributed by atoms with E-state index >= 15 is 0 Å². The standard InChI is InChI=1S/C27H34O5/c1-16-13-18(9-10-22(16)31-12-11-30-17(2)28)23-20-14-19(26(3,4)5)15-21(27(6,7)8)24(20)32-25(23)29/h9-10,13-15,23H,11-12H2,1-8H3. The number of benzene rings is 2. The lowest BCUT2D eigenvalue weighted by Gasteiger charge is -2.27. The fourth-order valence-corrected chi connectivity index (χ4v) is 3.92. The second-order valence-corrected chi connectivity index (χ2v) is 10.5. The lowest BCUT2D eigenvalue weighted by molar-refractivity contribution is -0.141. The SMILES string of the molecule is CC(=O)OCCOc1ccc(C2C(=O)Oc3c2cc(C(C)(C)C)cc3C(C)(C)C)cc1C. The molecule has 0 radical (unpaired) electrons. The third kappa shape index (κ3) is 4.98. The molecule has 2 aromatic rings. The van der Waals surface area contributed by atoms with Crippen LogP contribution in [0.4, 0.5) is 0 Å². The number of ether oxygens (including phenoxy) is 3. The average molecular weight is 439 g/mol. The molecule has 1 aliphatic rings. The second-order valence-electron chi connectivity index (χ2n) is 10.5. The zero-order valence-corrected chi connectivity index (χ0v) is 20.4. The molecule has 2 aromatic carbocycles. The highest BCUT2D eigenvalue weighted by Crippen LogP contribution is 2.47. The van der Waals surface area contributed by atoms with Crippen molar-refractivity contribution in [2.45, 2.75) is 72.1 Å². The van der Waals surface area contributed by atoms with E-state index in [9.17, 15) is 9.59 Å². The molecular weight excluding hydrogens is 404 g/mol. The Bertz CT molecular complexity index is 1040. The molecule has 0 saturated carbocycles. The zero-order chi connectivity index (χ0) is 23.8. The number of hydrogen-bond donors (Lipinski definition) is 0. The van der Waals surface area contributed by atoms with Crippen LogP contribution in [0.15, 0.2) is 30.3 Å². The first-order valence-electron chi connectivity index (χ1n) is 11.1. The van der Waals surface area contributed by atoms with Crippen molar-refractivity contribution < 1.29 is 23.8 Å². The number of esters is 2. The summed E-state index contributed by atoms with van der Waals surface area (Å²) < 4.78 is 16.5. The van der Waals surface area contributed by atoms with Crippen molar-refractivity contribution in [1.82, 2.24) is 0 Å². The number of carbonyl (C=O) groups excluding carboxylic acids is 2. The van der Waals surface area contributed by atoms with Gasteiger partial charge in [0.05, 0.1) is 0 Å². The molecule has 0 bridgehead atoms. The molecule has 3 rings (SSSR count). The molecule has 5 heteroatoms. The zero-order valence-electron chi connectivity index (χ0n) is 20.4. The van der Waals surface area contributed by atoms with Crippen molar-refractivity contribution in [3.05, 3.63) is 58.1 Å². The van der Waals surface area contributed by atoms with Gasteiger partial charge in [-0.05, 0) is 40.5 Å². The van der Waals surface area contributed by atoms with Crippen molar-refractivity contribution in [3.63, 3.8) is 0 Å². The predicted molar refractivity (Wildman–Crippen MR) is 125 cm³/mol. The van der Waals surface area contributed by atoms with Crippen LogP contribution in [0.2, 0.25) is 0 Å². The maximum Gasteiger partial charge on any atom is 0.323 e. The van der Waals surface area contributed by atoms with Crippen LogP contribution in [-0.2, 0) is 25.2 Å². The highest BCUT2D eigenvalue weighted by Gasteiger charge is 2.39. The maximum atomic E-state index is 13.0. The predicted octanol–water partition coefficient (Wildman–Crippen LogP) is 5.58. The Morgan fingerprint density at radius 2 is 1.69 bits per heavy atom. The highest BCUT2D eigenvalue weighted by atomic mass is 16.6. The number of fused-ring (bicyclic) bond motifs is 1. The summed E-state index contributed by atoms with van der Waals surface area (Å²) in [4.78, 5) is 23.9. The van der Waals surface area contributed by atoms with Crippen molar-refractivity contribution in [2.75, 3.05) is 13.2 Å². The van der Waals surface area contributed by atoms with Gasteiger partial charge in [-0.2, -0.15) is 0 Å². The number of carbonyl (C=O) groups is 2. The minimum atomic E-state index is -0.470. The van der Waals surface area contributed by atoms with Gasteiger partial charge in [0.25, 0.3) is 0 Å². The minimum absolute atomic E-state index is 0.0548. The van der Waals surface area contributed by atoms with E-state index < -0.39 is 5.92 Å². The molecule has 0 saturated heterocycles. The summed E-state index contributed by atoms with van der Waals surface area (Å²) >= 11 is 0. The van der Waals surface area contributed by atoms with Gasteiger partial charge in [0, 0.05) is 18.1 Å². The monoisotopic (exact) mass is 438 g/mol. The van der Waals surface area contributed by atoms with Crippen molar-refractivity contribution in [1.29, 1.82) is 0 Å². The Morgan fingerprint density at radius 3 is 2.25 bits per heavy atom. The van der Waals surface area contributed by atoms with E-state index in [2.05, 4.69) is 53.7 Å². The van der Waals surface area contributed by atoms with Gasteiger partial charge in [-0.3, -0.25) is 9.59 Å². The number of hydrogen-bond acceptors (Lipinski definition) is 5. The molecule has 5 nitrogen and oxygen atoms in total. The first-order chi connectivity index (χ1) is 14.8. The molecule has 1 heterocycles. The second kappa shape index (κ2) is 8.61. The fourth-order valence-electron chi connectivity index (χ4n) is 3.92. The van der Waals surface area contributed by atoms with Gasteiger partial charge in [-0.25, -0.2) is 0 Å².